The lowest BCUT2D eigenvalue weighted by Crippen LogP contribution is -2.43. The zero-order valence-corrected chi connectivity index (χ0v) is 24.9. The second kappa shape index (κ2) is 10.6. The van der Waals surface area contributed by atoms with Crippen molar-refractivity contribution in [2.45, 2.75) is 43.6 Å². The van der Waals surface area contributed by atoms with Crippen LogP contribution in [0.4, 0.5) is 28.5 Å². The van der Waals surface area contributed by atoms with Crippen LogP contribution in [0.15, 0.2) is 18.2 Å². The largest absolute Gasteiger partial charge is 0.461 e. The molecule has 0 bridgehead atoms. The molecular weight excluding hydrogens is 608 g/mol. The van der Waals surface area contributed by atoms with Crippen LogP contribution in [0.5, 0.6) is 6.01 Å². The van der Waals surface area contributed by atoms with E-state index in [1.54, 1.807) is 4.90 Å². The molecule has 5 heterocycles. The fraction of sp³-hybridized carbons (Fsp3) is 0.483. The van der Waals surface area contributed by atoms with Crippen LogP contribution >= 0.6 is 22.9 Å². The van der Waals surface area contributed by atoms with Gasteiger partial charge in [0.25, 0.3) is 0 Å². The molecule has 2 N–H and O–H groups in total. The fourth-order valence-electron chi connectivity index (χ4n) is 6.72. The summed E-state index contributed by atoms with van der Waals surface area (Å²) in [6.45, 7) is 3.01. The third-order valence-electron chi connectivity index (χ3n) is 8.58. The molecule has 3 atom stereocenters. The Bertz CT molecular complexity index is 1740. The van der Waals surface area contributed by atoms with E-state index >= 15 is 8.78 Å². The van der Waals surface area contributed by atoms with Gasteiger partial charge >= 0.3 is 6.01 Å². The molecule has 2 aromatic carbocycles. The maximum Gasteiger partial charge on any atom is 0.319 e. The molecule has 8 nitrogen and oxygen atoms in total. The monoisotopic (exact) mass is 636 g/mol. The third kappa shape index (κ3) is 5.03. The standard InChI is InChI=1S/C29H29ClF4N6O2S/c1-28(34)12-39(7-8-41-13-28)25-17-9-18(30)20(16-3-4-19(32)24-23(16)36-26(35)43-24)21(33)22(17)37-27(38-25)42-14-29-5-2-6-40(29)11-15(31)10-29/h3-4,9,15H,2,5-8,10-14H2,1H3,(H2,35,36)/t15-,28?,29+/m1/s1. The van der Waals surface area contributed by atoms with Gasteiger partial charge in [0.15, 0.2) is 10.9 Å². The van der Waals surface area contributed by atoms with E-state index in [4.69, 9.17) is 26.8 Å². The van der Waals surface area contributed by atoms with Gasteiger partial charge < -0.3 is 20.1 Å². The number of anilines is 2. The topological polar surface area (TPSA) is 89.6 Å². The van der Waals surface area contributed by atoms with Gasteiger partial charge in [-0.25, -0.2) is 22.5 Å². The van der Waals surface area contributed by atoms with Gasteiger partial charge in [-0.1, -0.05) is 22.9 Å². The van der Waals surface area contributed by atoms with E-state index in [0.29, 0.717) is 13.0 Å². The molecule has 43 heavy (non-hydrogen) atoms. The molecule has 0 saturated carbocycles. The molecule has 0 spiro atoms. The number of benzene rings is 2. The number of nitrogens with two attached hydrogens (primary N) is 1. The van der Waals surface area contributed by atoms with Gasteiger partial charge in [-0.05, 0) is 44.5 Å². The molecule has 0 aliphatic carbocycles. The number of hydrogen-bond donors (Lipinski definition) is 1. The van der Waals surface area contributed by atoms with Crippen molar-refractivity contribution in [3.05, 3.63) is 34.9 Å². The van der Waals surface area contributed by atoms with Gasteiger partial charge in [0.2, 0.25) is 0 Å². The Hall–Kier alpha value is -3.00. The van der Waals surface area contributed by atoms with Crippen molar-refractivity contribution in [1.29, 1.82) is 0 Å². The van der Waals surface area contributed by atoms with Gasteiger partial charge in [0.1, 0.15) is 35.6 Å². The van der Waals surface area contributed by atoms with Gasteiger partial charge in [-0.2, -0.15) is 9.97 Å². The van der Waals surface area contributed by atoms with Crippen molar-refractivity contribution in [3.63, 3.8) is 0 Å². The molecule has 0 amide bonds. The summed E-state index contributed by atoms with van der Waals surface area (Å²) in [5.74, 6) is -1.10. The van der Waals surface area contributed by atoms with Gasteiger partial charge in [-0.3, -0.25) is 4.90 Å². The van der Waals surface area contributed by atoms with Crippen LogP contribution in [0.2, 0.25) is 5.02 Å². The number of nitrogens with zero attached hydrogens (tertiary/aromatic N) is 5. The van der Waals surface area contributed by atoms with Crippen molar-refractivity contribution in [2.24, 2.45) is 0 Å². The number of hydrogen-bond acceptors (Lipinski definition) is 9. The zero-order chi connectivity index (χ0) is 30.1. The van der Waals surface area contributed by atoms with Crippen LogP contribution in [0.25, 0.3) is 32.2 Å². The first-order valence-electron chi connectivity index (χ1n) is 14.1. The van der Waals surface area contributed by atoms with E-state index in [1.165, 1.54) is 25.1 Å². The highest BCUT2D eigenvalue weighted by Gasteiger charge is 2.49. The van der Waals surface area contributed by atoms with Crippen molar-refractivity contribution in [3.8, 4) is 17.1 Å². The Balaban J connectivity index is 1.38. The molecular formula is C29H29ClF4N6O2S. The summed E-state index contributed by atoms with van der Waals surface area (Å²) in [5, 5.41) is 0.384. The highest BCUT2D eigenvalue weighted by Crippen LogP contribution is 2.44. The first-order valence-corrected chi connectivity index (χ1v) is 15.3. The van der Waals surface area contributed by atoms with Gasteiger partial charge in [-0.15, -0.1) is 0 Å². The lowest BCUT2D eigenvalue weighted by atomic mass is 9.95. The number of alkyl halides is 2. The Morgan fingerprint density at radius 2 is 2.05 bits per heavy atom. The summed E-state index contributed by atoms with van der Waals surface area (Å²) < 4.78 is 72.7. The Labute approximate surface area is 253 Å². The zero-order valence-electron chi connectivity index (χ0n) is 23.3. The fourth-order valence-corrected chi connectivity index (χ4v) is 7.77. The molecule has 3 fully saturated rings. The maximum atomic E-state index is 16.7. The molecule has 1 unspecified atom stereocenters. The lowest BCUT2D eigenvalue weighted by molar-refractivity contribution is 0.0508. The number of ether oxygens (including phenoxy) is 2. The van der Waals surface area contributed by atoms with Crippen LogP contribution < -0.4 is 15.4 Å². The van der Waals surface area contributed by atoms with Gasteiger partial charge in [0.05, 0.1) is 40.5 Å². The highest BCUT2D eigenvalue weighted by molar-refractivity contribution is 7.22. The molecule has 3 aliphatic heterocycles. The second-order valence-corrected chi connectivity index (χ2v) is 13.3. The number of nitrogen functional groups attached to an aromatic ring is 1. The molecule has 2 aromatic heterocycles. The van der Waals surface area contributed by atoms with E-state index in [1.807, 2.05) is 0 Å². The Kier molecular flexibility index (Phi) is 7.07. The van der Waals surface area contributed by atoms with Crippen molar-refractivity contribution < 1.29 is 27.0 Å². The van der Waals surface area contributed by atoms with Gasteiger partial charge in [0, 0.05) is 36.0 Å². The second-order valence-electron chi connectivity index (χ2n) is 11.8. The first kappa shape index (κ1) is 28.8. The quantitative estimate of drug-likeness (QED) is 0.269. The third-order valence-corrected chi connectivity index (χ3v) is 9.77. The molecule has 4 aromatic rings. The summed E-state index contributed by atoms with van der Waals surface area (Å²) >= 11 is 7.67. The number of rotatable bonds is 5. The summed E-state index contributed by atoms with van der Waals surface area (Å²) in [4.78, 5) is 17.1. The average Bonchev–Trinajstić information content (AvgIpc) is 3.58. The minimum absolute atomic E-state index is 0.0116. The highest BCUT2D eigenvalue weighted by atomic mass is 35.5. The molecule has 14 heteroatoms. The minimum Gasteiger partial charge on any atom is -0.461 e. The first-order chi connectivity index (χ1) is 20.5. The average molecular weight is 637 g/mol. The normalized spacial score (nSPS) is 26.4. The molecule has 3 saturated heterocycles. The van der Waals surface area contributed by atoms with Crippen LogP contribution in [0, 0.1) is 11.6 Å². The van der Waals surface area contributed by atoms with Crippen molar-refractivity contribution in [1.82, 2.24) is 19.9 Å². The smallest absolute Gasteiger partial charge is 0.319 e. The molecule has 0 radical (unpaired) electrons. The summed E-state index contributed by atoms with van der Waals surface area (Å²) in [5.41, 5.74) is 3.95. The Morgan fingerprint density at radius 1 is 1.21 bits per heavy atom. The van der Waals surface area contributed by atoms with E-state index in [2.05, 4.69) is 19.9 Å². The predicted molar refractivity (Wildman–Crippen MR) is 159 cm³/mol. The molecule has 7 rings (SSSR count). The van der Waals surface area contributed by atoms with Crippen molar-refractivity contribution in [2.75, 3.05) is 56.6 Å². The van der Waals surface area contributed by atoms with E-state index in [9.17, 15) is 8.78 Å². The lowest BCUT2D eigenvalue weighted by Gasteiger charge is -2.31. The summed E-state index contributed by atoms with van der Waals surface area (Å²) in [7, 11) is 0. The SMILES string of the molecule is CC1(F)COCCN(c2nc(OC[C@@]34CCCN3C[C@H](F)C4)nc3c(F)c(-c4ccc(F)c5sc(N)nc45)c(Cl)cc23)C1. The summed E-state index contributed by atoms with van der Waals surface area (Å²) in [6, 6.07) is 4.00. The number of thiazole rings is 1. The van der Waals surface area contributed by atoms with Crippen LogP contribution in [0.3, 0.4) is 0 Å². The number of aromatic nitrogens is 3. The van der Waals surface area contributed by atoms with Crippen LogP contribution in [-0.2, 0) is 4.74 Å². The number of fused-ring (bicyclic) bond motifs is 3. The van der Waals surface area contributed by atoms with Crippen LogP contribution in [-0.4, -0.2) is 83.2 Å². The van der Waals surface area contributed by atoms with E-state index in [-0.39, 0.29) is 87.1 Å². The minimum atomic E-state index is -1.70. The molecule has 228 valence electrons. The van der Waals surface area contributed by atoms with E-state index < -0.39 is 29.0 Å². The Morgan fingerprint density at radius 3 is 2.88 bits per heavy atom. The van der Waals surface area contributed by atoms with Crippen LogP contribution in [0.1, 0.15) is 26.2 Å². The molecule has 3 aliphatic rings. The van der Waals surface area contributed by atoms with E-state index in [0.717, 1.165) is 30.7 Å². The maximum absolute atomic E-state index is 16.7. The predicted octanol–water partition coefficient (Wildman–Crippen LogP) is 5.94. The van der Waals surface area contributed by atoms with Crippen molar-refractivity contribution >= 4 is 55.0 Å². The summed E-state index contributed by atoms with van der Waals surface area (Å²) in [6.07, 6.45) is 1.07. The number of halogens is 5.